The molecule has 24 heavy (non-hydrogen) atoms. The quantitative estimate of drug-likeness (QED) is 0.182. The molecule has 7 heteroatoms. The van der Waals surface area contributed by atoms with Gasteiger partial charge >= 0.3 is 0 Å². The number of thioether (sulfide) groups is 1. The van der Waals surface area contributed by atoms with E-state index in [2.05, 4.69) is 35.5 Å². The molecule has 0 aromatic heterocycles. The highest BCUT2D eigenvalue weighted by atomic mass is 127. The van der Waals surface area contributed by atoms with Crippen LogP contribution in [0, 0.1) is 5.92 Å². The number of benzene rings is 1. The monoisotopic (exact) mass is 467 g/mol. The number of para-hydroxylation sites is 1. The van der Waals surface area contributed by atoms with Crippen molar-refractivity contribution in [3.63, 3.8) is 0 Å². The number of nitrogens with zero attached hydrogens (tertiary/aromatic N) is 1. The Balaban J connectivity index is 0.00000529. The maximum absolute atomic E-state index is 5.38. The van der Waals surface area contributed by atoms with Crippen LogP contribution in [-0.4, -0.2) is 52.2 Å². The van der Waals surface area contributed by atoms with Crippen LogP contribution in [0.1, 0.15) is 13.8 Å². The number of hydrogen-bond donors (Lipinski definition) is 2. The summed E-state index contributed by atoms with van der Waals surface area (Å²) in [5.41, 5.74) is 0. The van der Waals surface area contributed by atoms with Gasteiger partial charge < -0.3 is 20.1 Å². The number of hydrogen-bond acceptors (Lipinski definition) is 4. The Morgan fingerprint density at radius 3 is 2.67 bits per heavy atom. The van der Waals surface area contributed by atoms with E-state index in [1.807, 2.05) is 30.0 Å². The first-order valence-electron chi connectivity index (χ1n) is 7.98. The maximum Gasteiger partial charge on any atom is 0.191 e. The Labute approximate surface area is 167 Å². The van der Waals surface area contributed by atoms with Crippen LogP contribution in [0.15, 0.2) is 34.2 Å². The first-order chi connectivity index (χ1) is 11.2. The molecule has 1 rings (SSSR count). The lowest BCUT2D eigenvalue weighted by Gasteiger charge is -2.14. The van der Waals surface area contributed by atoms with E-state index in [9.17, 15) is 0 Å². The van der Waals surface area contributed by atoms with E-state index >= 15 is 0 Å². The van der Waals surface area contributed by atoms with Gasteiger partial charge in [0, 0.05) is 37.4 Å². The van der Waals surface area contributed by atoms with Crippen molar-refractivity contribution in [3.05, 3.63) is 24.3 Å². The van der Waals surface area contributed by atoms with Crippen LogP contribution in [0.2, 0.25) is 0 Å². The molecule has 0 heterocycles. The lowest BCUT2D eigenvalue weighted by Crippen LogP contribution is -2.39. The topological polar surface area (TPSA) is 54.9 Å². The largest absolute Gasteiger partial charge is 0.496 e. The van der Waals surface area contributed by atoms with E-state index in [4.69, 9.17) is 9.47 Å². The van der Waals surface area contributed by atoms with E-state index in [1.165, 1.54) is 4.90 Å². The molecule has 0 fully saturated rings. The highest BCUT2D eigenvalue weighted by Gasteiger charge is 2.07. The van der Waals surface area contributed by atoms with Gasteiger partial charge in [-0.15, -0.1) is 35.7 Å². The third-order valence-corrected chi connectivity index (χ3v) is 4.48. The van der Waals surface area contributed by atoms with E-state index in [1.54, 1.807) is 14.2 Å². The number of rotatable bonds is 10. The van der Waals surface area contributed by atoms with Crippen molar-refractivity contribution in [2.75, 3.05) is 46.2 Å². The maximum atomic E-state index is 5.38. The lowest BCUT2D eigenvalue weighted by molar-refractivity contribution is 0.203. The zero-order valence-corrected chi connectivity index (χ0v) is 18.1. The van der Waals surface area contributed by atoms with Crippen LogP contribution < -0.4 is 15.4 Å². The number of guanidine groups is 1. The van der Waals surface area contributed by atoms with Gasteiger partial charge in [-0.2, -0.15) is 0 Å². The molecular formula is C17H30IN3O2S. The molecule has 0 amide bonds. The number of nitrogens with one attached hydrogen (secondary N) is 2. The van der Waals surface area contributed by atoms with E-state index in [0.717, 1.165) is 37.1 Å². The Morgan fingerprint density at radius 2 is 2.00 bits per heavy atom. The smallest absolute Gasteiger partial charge is 0.191 e. The second-order valence-corrected chi connectivity index (χ2v) is 6.27. The van der Waals surface area contributed by atoms with Crippen LogP contribution >= 0.6 is 35.7 Å². The molecule has 2 N–H and O–H groups in total. The first kappa shape index (κ1) is 23.3. The molecule has 1 aromatic rings. The van der Waals surface area contributed by atoms with E-state index in [0.29, 0.717) is 12.5 Å². The molecule has 138 valence electrons. The van der Waals surface area contributed by atoms with Gasteiger partial charge in [0.15, 0.2) is 5.96 Å². The molecular weight excluding hydrogens is 437 g/mol. The highest BCUT2D eigenvalue weighted by molar-refractivity contribution is 14.0. The minimum absolute atomic E-state index is 0. The SMILES string of the molecule is CCNC(=NCC(C)CSc1ccccc1OC)NCCOC.I. The fraction of sp³-hybridized carbons (Fsp3) is 0.588. The fourth-order valence-corrected chi connectivity index (χ4v) is 2.92. The molecule has 0 saturated carbocycles. The third kappa shape index (κ3) is 9.58. The summed E-state index contributed by atoms with van der Waals surface area (Å²) in [6.07, 6.45) is 0. The third-order valence-electron chi connectivity index (χ3n) is 3.10. The molecule has 0 bridgehead atoms. The van der Waals surface area contributed by atoms with Gasteiger partial charge in [-0.1, -0.05) is 19.1 Å². The normalized spacial score (nSPS) is 12.2. The van der Waals surface area contributed by atoms with Crippen LogP contribution in [0.25, 0.3) is 0 Å². The van der Waals surface area contributed by atoms with Gasteiger partial charge in [-0.05, 0) is 25.0 Å². The number of methoxy groups -OCH3 is 2. The average Bonchev–Trinajstić information content (AvgIpc) is 2.58. The van der Waals surface area contributed by atoms with E-state index in [-0.39, 0.29) is 24.0 Å². The van der Waals surface area contributed by atoms with E-state index < -0.39 is 0 Å². The second kappa shape index (κ2) is 14.7. The van der Waals surface area contributed by atoms with Crippen molar-refractivity contribution in [1.82, 2.24) is 10.6 Å². The average molecular weight is 467 g/mol. The summed E-state index contributed by atoms with van der Waals surface area (Å²) in [4.78, 5) is 5.81. The van der Waals surface area contributed by atoms with Gasteiger partial charge in [0.2, 0.25) is 0 Å². The van der Waals surface area contributed by atoms with Gasteiger partial charge in [0.1, 0.15) is 5.75 Å². The molecule has 0 aliphatic carbocycles. The second-order valence-electron chi connectivity index (χ2n) is 5.21. The van der Waals surface area contributed by atoms with Crippen molar-refractivity contribution < 1.29 is 9.47 Å². The molecule has 1 unspecified atom stereocenters. The molecule has 0 aliphatic rings. The van der Waals surface area contributed by atoms with Crippen molar-refractivity contribution >= 4 is 41.7 Å². The van der Waals surface area contributed by atoms with Crippen LogP contribution in [0.5, 0.6) is 5.75 Å². The number of halogens is 1. The zero-order chi connectivity index (χ0) is 16.9. The summed E-state index contributed by atoms with van der Waals surface area (Å²) < 4.78 is 10.4. The van der Waals surface area contributed by atoms with Gasteiger partial charge in [0.05, 0.1) is 13.7 Å². The van der Waals surface area contributed by atoms with Crippen LogP contribution in [-0.2, 0) is 4.74 Å². The molecule has 0 radical (unpaired) electrons. The lowest BCUT2D eigenvalue weighted by atomic mass is 10.2. The summed E-state index contributed by atoms with van der Waals surface area (Å²) in [6.45, 7) is 7.34. The summed E-state index contributed by atoms with van der Waals surface area (Å²) in [7, 11) is 3.41. The van der Waals surface area contributed by atoms with Gasteiger partial charge in [0.25, 0.3) is 0 Å². The zero-order valence-electron chi connectivity index (χ0n) is 15.0. The van der Waals surface area contributed by atoms with Crippen LogP contribution in [0.4, 0.5) is 0 Å². The Hall–Kier alpha value is -0.670. The Bertz CT molecular complexity index is 475. The van der Waals surface area contributed by atoms with Crippen molar-refractivity contribution in [1.29, 1.82) is 0 Å². The summed E-state index contributed by atoms with van der Waals surface area (Å²) in [5, 5.41) is 6.50. The van der Waals surface area contributed by atoms with Crippen molar-refractivity contribution in [3.8, 4) is 5.75 Å². The fourth-order valence-electron chi connectivity index (χ4n) is 1.88. The van der Waals surface area contributed by atoms with Gasteiger partial charge in [-0.25, -0.2) is 0 Å². The summed E-state index contributed by atoms with van der Waals surface area (Å²) in [6, 6.07) is 8.12. The number of ether oxygens (including phenoxy) is 2. The molecule has 0 aliphatic heterocycles. The minimum atomic E-state index is 0. The van der Waals surface area contributed by atoms with Crippen LogP contribution in [0.3, 0.4) is 0 Å². The number of aliphatic imine (C=N–C) groups is 1. The molecule has 0 spiro atoms. The summed E-state index contributed by atoms with van der Waals surface area (Å²) >= 11 is 1.81. The molecule has 5 nitrogen and oxygen atoms in total. The molecule has 1 aromatic carbocycles. The Kier molecular flexibility index (Phi) is 14.2. The molecule has 1 atom stereocenters. The highest BCUT2D eigenvalue weighted by Crippen LogP contribution is 2.29. The minimum Gasteiger partial charge on any atom is -0.496 e. The Morgan fingerprint density at radius 1 is 1.25 bits per heavy atom. The first-order valence-corrected chi connectivity index (χ1v) is 8.96. The predicted molar refractivity (Wildman–Crippen MR) is 114 cm³/mol. The molecule has 0 saturated heterocycles. The van der Waals surface area contributed by atoms with Crippen molar-refractivity contribution in [2.24, 2.45) is 10.9 Å². The summed E-state index contributed by atoms with van der Waals surface area (Å²) in [5.74, 6) is 3.26. The van der Waals surface area contributed by atoms with Crippen molar-refractivity contribution in [2.45, 2.75) is 18.7 Å². The van der Waals surface area contributed by atoms with Gasteiger partial charge in [-0.3, -0.25) is 4.99 Å². The standard InChI is InChI=1S/C17H29N3O2S.HI/c1-5-18-17(19-10-11-21-3)20-12-14(2)13-23-16-9-7-6-8-15(16)22-4;/h6-9,14H,5,10-13H2,1-4H3,(H2,18,19,20);1H. The predicted octanol–water partition coefficient (Wildman–Crippen LogP) is 3.24.